The molecule has 0 bridgehead atoms. The largest absolute Gasteiger partial charge is 0.306 e. The van der Waals surface area contributed by atoms with Gasteiger partial charge >= 0.3 is 0 Å². The summed E-state index contributed by atoms with van der Waals surface area (Å²) in [5, 5.41) is 0. The van der Waals surface area contributed by atoms with Crippen molar-refractivity contribution in [2.24, 2.45) is 5.92 Å². The fraction of sp³-hybridized carbons (Fsp3) is 1.00. The maximum Gasteiger partial charge on any atom is 0.0221 e. The molecule has 2 aliphatic rings. The summed E-state index contributed by atoms with van der Waals surface area (Å²) in [5.74, 6) is 0.941. The molecule has 2 saturated heterocycles. The van der Waals surface area contributed by atoms with Gasteiger partial charge in [-0.1, -0.05) is 6.92 Å². The molecule has 3 nitrogen and oxygen atoms in total. The van der Waals surface area contributed by atoms with Gasteiger partial charge in [0.15, 0.2) is 0 Å². The van der Waals surface area contributed by atoms with E-state index in [0.717, 1.165) is 12.0 Å². The molecule has 3 heteroatoms. The molecule has 112 valence electrons. The third kappa shape index (κ3) is 4.17. The average molecular weight is 267 g/mol. The molecule has 0 aliphatic carbocycles. The Bertz CT molecular complexity index is 259. The van der Waals surface area contributed by atoms with Crippen molar-refractivity contribution in [3.05, 3.63) is 0 Å². The number of piperazine rings is 1. The van der Waals surface area contributed by atoms with Crippen LogP contribution in [0.4, 0.5) is 0 Å². The zero-order valence-electron chi connectivity index (χ0n) is 13.4. The minimum Gasteiger partial charge on any atom is -0.306 e. The minimum atomic E-state index is 0.708. The smallest absolute Gasteiger partial charge is 0.0221 e. The van der Waals surface area contributed by atoms with Gasteiger partial charge in [-0.3, -0.25) is 9.80 Å². The molecular formula is C16H33N3. The van der Waals surface area contributed by atoms with Gasteiger partial charge in [0, 0.05) is 38.3 Å². The van der Waals surface area contributed by atoms with Crippen LogP contribution < -0.4 is 0 Å². The molecule has 0 aromatic heterocycles. The number of rotatable bonds is 4. The van der Waals surface area contributed by atoms with Crippen LogP contribution in [0.2, 0.25) is 0 Å². The molecule has 1 atom stereocenters. The lowest BCUT2D eigenvalue weighted by Gasteiger charge is -2.44. The minimum absolute atomic E-state index is 0.708. The second-order valence-corrected chi connectivity index (χ2v) is 6.89. The lowest BCUT2D eigenvalue weighted by molar-refractivity contribution is 0.0362. The quantitative estimate of drug-likeness (QED) is 0.772. The van der Waals surface area contributed by atoms with Gasteiger partial charge in [-0.25, -0.2) is 0 Å². The second kappa shape index (κ2) is 7.05. The number of likely N-dealkylation sites (tertiary alicyclic amines) is 1. The van der Waals surface area contributed by atoms with Crippen LogP contribution in [-0.2, 0) is 0 Å². The molecule has 2 fully saturated rings. The number of piperidine rings is 1. The van der Waals surface area contributed by atoms with Crippen molar-refractivity contribution in [2.45, 2.75) is 52.1 Å². The van der Waals surface area contributed by atoms with E-state index in [4.69, 9.17) is 0 Å². The summed E-state index contributed by atoms with van der Waals surface area (Å²) in [6.07, 6.45) is 4.10. The first kappa shape index (κ1) is 15.3. The Morgan fingerprint density at radius 2 is 1.74 bits per heavy atom. The van der Waals surface area contributed by atoms with Crippen molar-refractivity contribution < 1.29 is 0 Å². The molecular weight excluding hydrogens is 234 g/mol. The summed E-state index contributed by atoms with van der Waals surface area (Å²) in [7, 11) is 2.26. The Hall–Kier alpha value is -0.120. The molecule has 2 heterocycles. The van der Waals surface area contributed by atoms with E-state index >= 15 is 0 Å². The summed E-state index contributed by atoms with van der Waals surface area (Å²) >= 11 is 0. The Kier molecular flexibility index (Phi) is 5.67. The zero-order chi connectivity index (χ0) is 13.8. The summed E-state index contributed by atoms with van der Waals surface area (Å²) in [6, 6.07) is 1.50. The average Bonchev–Trinajstić information content (AvgIpc) is 2.41. The van der Waals surface area contributed by atoms with Gasteiger partial charge < -0.3 is 4.90 Å². The molecule has 0 aromatic rings. The van der Waals surface area contributed by atoms with E-state index in [9.17, 15) is 0 Å². The van der Waals surface area contributed by atoms with Crippen LogP contribution in [0.15, 0.2) is 0 Å². The van der Waals surface area contributed by atoms with E-state index in [-0.39, 0.29) is 0 Å². The van der Waals surface area contributed by atoms with Crippen LogP contribution in [0, 0.1) is 5.92 Å². The highest BCUT2D eigenvalue weighted by molar-refractivity contribution is 4.85. The molecule has 0 N–H and O–H groups in total. The van der Waals surface area contributed by atoms with E-state index < -0.39 is 0 Å². The standard InChI is InChI=1S/C16H33N3/c1-5-16-13-18(14(2)3)10-11-19(16)12-15-6-8-17(4)9-7-15/h14-16H,5-13H2,1-4H3. The van der Waals surface area contributed by atoms with E-state index in [2.05, 4.69) is 42.5 Å². The van der Waals surface area contributed by atoms with Gasteiger partial charge in [0.1, 0.15) is 0 Å². The van der Waals surface area contributed by atoms with Gasteiger partial charge in [-0.05, 0) is 59.2 Å². The fourth-order valence-electron chi connectivity index (χ4n) is 3.59. The molecule has 0 spiro atoms. The fourth-order valence-corrected chi connectivity index (χ4v) is 3.59. The zero-order valence-corrected chi connectivity index (χ0v) is 13.4. The molecule has 0 amide bonds. The van der Waals surface area contributed by atoms with E-state index in [0.29, 0.717) is 6.04 Å². The van der Waals surface area contributed by atoms with Crippen molar-refractivity contribution in [1.29, 1.82) is 0 Å². The maximum absolute atomic E-state index is 2.79. The normalized spacial score (nSPS) is 29.2. The molecule has 0 radical (unpaired) electrons. The molecule has 1 unspecified atom stereocenters. The van der Waals surface area contributed by atoms with Crippen molar-refractivity contribution in [3.8, 4) is 0 Å². The molecule has 0 saturated carbocycles. The first-order valence-corrected chi connectivity index (χ1v) is 8.26. The van der Waals surface area contributed by atoms with Crippen molar-refractivity contribution in [3.63, 3.8) is 0 Å². The van der Waals surface area contributed by atoms with E-state index in [1.54, 1.807) is 0 Å². The monoisotopic (exact) mass is 267 g/mol. The first-order chi connectivity index (χ1) is 9.10. The topological polar surface area (TPSA) is 9.72 Å². The summed E-state index contributed by atoms with van der Waals surface area (Å²) in [4.78, 5) is 7.92. The van der Waals surface area contributed by atoms with Crippen molar-refractivity contribution in [2.75, 3.05) is 46.3 Å². The molecule has 0 aromatic carbocycles. The Morgan fingerprint density at radius 1 is 1.05 bits per heavy atom. The molecule has 19 heavy (non-hydrogen) atoms. The second-order valence-electron chi connectivity index (χ2n) is 6.89. The highest BCUT2D eigenvalue weighted by Gasteiger charge is 2.29. The van der Waals surface area contributed by atoms with Crippen molar-refractivity contribution >= 4 is 0 Å². The highest BCUT2D eigenvalue weighted by atomic mass is 15.3. The van der Waals surface area contributed by atoms with E-state index in [1.165, 1.54) is 58.5 Å². The van der Waals surface area contributed by atoms with Crippen molar-refractivity contribution in [1.82, 2.24) is 14.7 Å². The number of hydrogen-bond acceptors (Lipinski definition) is 3. The van der Waals surface area contributed by atoms with Crippen LogP contribution in [-0.4, -0.2) is 73.1 Å². The highest BCUT2D eigenvalue weighted by Crippen LogP contribution is 2.22. The predicted molar refractivity (Wildman–Crippen MR) is 82.6 cm³/mol. The van der Waals surface area contributed by atoms with E-state index in [1.807, 2.05) is 0 Å². The van der Waals surface area contributed by atoms with Crippen LogP contribution >= 0.6 is 0 Å². The first-order valence-electron chi connectivity index (χ1n) is 8.26. The Morgan fingerprint density at radius 3 is 2.32 bits per heavy atom. The maximum atomic E-state index is 2.79. The Labute approximate surface area is 119 Å². The van der Waals surface area contributed by atoms with Gasteiger partial charge in [0.25, 0.3) is 0 Å². The van der Waals surface area contributed by atoms with Gasteiger partial charge in [0.2, 0.25) is 0 Å². The SMILES string of the molecule is CCC1CN(C(C)C)CCN1CC1CCN(C)CC1. The van der Waals surface area contributed by atoms with Crippen LogP contribution in [0.3, 0.4) is 0 Å². The van der Waals surface area contributed by atoms with Gasteiger partial charge in [0.05, 0.1) is 0 Å². The van der Waals surface area contributed by atoms with Gasteiger partial charge in [-0.15, -0.1) is 0 Å². The van der Waals surface area contributed by atoms with Crippen LogP contribution in [0.1, 0.15) is 40.0 Å². The summed E-state index contributed by atoms with van der Waals surface area (Å²) < 4.78 is 0. The molecule has 2 aliphatic heterocycles. The Balaban J connectivity index is 1.83. The van der Waals surface area contributed by atoms with Crippen LogP contribution in [0.25, 0.3) is 0 Å². The number of nitrogens with zero attached hydrogens (tertiary/aromatic N) is 3. The molecule has 2 rings (SSSR count). The summed E-state index contributed by atoms with van der Waals surface area (Å²) in [6.45, 7) is 14.8. The lowest BCUT2D eigenvalue weighted by Crippen LogP contribution is -2.56. The van der Waals surface area contributed by atoms with Crippen LogP contribution in [0.5, 0.6) is 0 Å². The van der Waals surface area contributed by atoms with Gasteiger partial charge in [-0.2, -0.15) is 0 Å². The summed E-state index contributed by atoms with van der Waals surface area (Å²) in [5.41, 5.74) is 0. The third-order valence-corrected chi connectivity index (χ3v) is 5.17. The third-order valence-electron chi connectivity index (χ3n) is 5.17. The predicted octanol–water partition coefficient (Wildman–Crippen LogP) is 2.13. The lowest BCUT2D eigenvalue weighted by atomic mass is 9.95. The number of hydrogen-bond donors (Lipinski definition) is 0.